The van der Waals surface area contributed by atoms with Crippen molar-refractivity contribution in [3.8, 4) is 0 Å². The van der Waals surface area contributed by atoms with E-state index in [1.807, 2.05) is 6.92 Å². The van der Waals surface area contributed by atoms with Crippen LogP contribution in [0.4, 0.5) is 0 Å². The standard InChI is InChI=1S/C18H28O2/c1-5-17(19)20-13-8-6-7-10-15-11-9-12-16(14-15)18(2,3)4/h9,11-12,14H,5-8,10,13H2,1-4H3. The number of hydrogen-bond acceptors (Lipinski definition) is 2. The van der Waals surface area contributed by atoms with Gasteiger partial charge in [-0.3, -0.25) is 4.79 Å². The first kappa shape index (κ1) is 16.7. The molecule has 0 N–H and O–H groups in total. The molecular weight excluding hydrogens is 248 g/mol. The van der Waals surface area contributed by atoms with Gasteiger partial charge in [0.2, 0.25) is 0 Å². The quantitative estimate of drug-likeness (QED) is 0.535. The van der Waals surface area contributed by atoms with Gasteiger partial charge in [-0.15, -0.1) is 0 Å². The Morgan fingerprint density at radius 3 is 2.55 bits per heavy atom. The van der Waals surface area contributed by atoms with Crippen LogP contribution in [0.5, 0.6) is 0 Å². The first-order valence-corrected chi connectivity index (χ1v) is 7.68. The summed E-state index contributed by atoms with van der Waals surface area (Å²) < 4.78 is 5.07. The highest BCUT2D eigenvalue weighted by atomic mass is 16.5. The normalized spacial score (nSPS) is 11.4. The molecule has 0 aliphatic rings. The molecule has 1 rings (SSSR count). The van der Waals surface area contributed by atoms with E-state index in [1.165, 1.54) is 11.1 Å². The minimum atomic E-state index is -0.0946. The van der Waals surface area contributed by atoms with E-state index in [0.717, 1.165) is 25.7 Å². The molecule has 0 saturated heterocycles. The molecule has 0 unspecified atom stereocenters. The third-order valence-corrected chi connectivity index (χ3v) is 3.45. The van der Waals surface area contributed by atoms with Crippen LogP contribution in [-0.4, -0.2) is 12.6 Å². The zero-order valence-electron chi connectivity index (χ0n) is 13.4. The highest BCUT2D eigenvalue weighted by Crippen LogP contribution is 2.23. The number of hydrogen-bond donors (Lipinski definition) is 0. The smallest absolute Gasteiger partial charge is 0.305 e. The third-order valence-electron chi connectivity index (χ3n) is 3.45. The van der Waals surface area contributed by atoms with E-state index in [-0.39, 0.29) is 11.4 Å². The summed E-state index contributed by atoms with van der Waals surface area (Å²) in [5.74, 6) is -0.0946. The fourth-order valence-electron chi connectivity index (χ4n) is 2.09. The lowest BCUT2D eigenvalue weighted by molar-refractivity contribution is -0.143. The summed E-state index contributed by atoms with van der Waals surface area (Å²) in [4.78, 5) is 11.0. The van der Waals surface area contributed by atoms with E-state index in [9.17, 15) is 4.79 Å². The van der Waals surface area contributed by atoms with Gasteiger partial charge in [-0.1, -0.05) is 52.0 Å². The lowest BCUT2D eigenvalue weighted by atomic mass is 9.86. The Kier molecular flexibility index (Phi) is 6.77. The molecule has 0 bridgehead atoms. The van der Waals surface area contributed by atoms with Crippen molar-refractivity contribution in [3.63, 3.8) is 0 Å². The van der Waals surface area contributed by atoms with Crippen molar-refractivity contribution in [2.45, 2.75) is 65.2 Å². The molecule has 2 heteroatoms. The van der Waals surface area contributed by atoms with Crippen molar-refractivity contribution < 1.29 is 9.53 Å². The van der Waals surface area contributed by atoms with Gasteiger partial charge >= 0.3 is 5.97 Å². The molecular formula is C18H28O2. The van der Waals surface area contributed by atoms with E-state index < -0.39 is 0 Å². The predicted molar refractivity (Wildman–Crippen MR) is 83.9 cm³/mol. The van der Waals surface area contributed by atoms with Crippen LogP contribution in [0.25, 0.3) is 0 Å². The average Bonchev–Trinajstić information content (AvgIpc) is 2.41. The van der Waals surface area contributed by atoms with Gasteiger partial charge < -0.3 is 4.74 Å². The van der Waals surface area contributed by atoms with Crippen LogP contribution in [0.1, 0.15) is 64.5 Å². The van der Waals surface area contributed by atoms with Crippen molar-refractivity contribution in [3.05, 3.63) is 35.4 Å². The minimum absolute atomic E-state index is 0.0946. The lowest BCUT2D eigenvalue weighted by Gasteiger charge is -2.19. The third kappa shape index (κ3) is 6.23. The van der Waals surface area contributed by atoms with Crippen LogP contribution >= 0.6 is 0 Å². The fourth-order valence-corrected chi connectivity index (χ4v) is 2.09. The van der Waals surface area contributed by atoms with Gasteiger partial charge in [0.1, 0.15) is 0 Å². The second-order valence-electron chi connectivity index (χ2n) is 6.34. The second kappa shape index (κ2) is 8.08. The predicted octanol–water partition coefficient (Wildman–Crippen LogP) is 4.65. The number of rotatable bonds is 7. The molecule has 0 saturated carbocycles. The summed E-state index contributed by atoms with van der Waals surface area (Å²) in [6.45, 7) is 9.12. The molecule has 1 aromatic carbocycles. The molecule has 0 heterocycles. The van der Waals surface area contributed by atoms with Crippen LogP contribution in [0.3, 0.4) is 0 Å². The van der Waals surface area contributed by atoms with Crippen LogP contribution < -0.4 is 0 Å². The van der Waals surface area contributed by atoms with Crippen molar-refractivity contribution >= 4 is 5.97 Å². The SMILES string of the molecule is CCC(=O)OCCCCCc1cccc(C(C)(C)C)c1. The largest absolute Gasteiger partial charge is 0.466 e. The molecule has 2 nitrogen and oxygen atoms in total. The summed E-state index contributed by atoms with van der Waals surface area (Å²) >= 11 is 0. The number of carbonyl (C=O) groups excluding carboxylic acids is 1. The summed E-state index contributed by atoms with van der Waals surface area (Å²) in [6.07, 6.45) is 4.80. The molecule has 0 aliphatic heterocycles. The Hall–Kier alpha value is -1.31. The highest BCUT2D eigenvalue weighted by molar-refractivity contribution is 5.68. The van der Waals surface area contributed by atoms with E-state index in [4.69, 9.17) is 4.74 Å². The first-order chi connectivity index (χ1) is 9.43. The Balaban J connectivity index is 2.27. The molecule has 0 aromatic heterocycles. The number of unbranched alkanes of at least 4 members (excludes halogenated alkanes) is 2. The summed E-state index contributed by atoms with van der Waals surface area (Å²) in [7, 11) is 0. The van der Waals surface area contributed by atoms with E-state index in [2.05, 4.69) is 45.0 Å². The molecule has 0 aliphatic carbocycles. The van der Waals surface area contributed by atoms with Gasteiger partial charge in [0, 0.05) is 6.42 Å². The van der Waals surface area contributed by atoms with Gasteiger partial charge in [0.25, 0.3) is 0 Å². The van der Waals surface area contributed by atoms with Crippen molar-refractivity contribution in [2.75, 3.05) is 6.61 Å². The summed E-state index contributed by atoms with van der Waals surface area (Å²) in [6, 6.07) is 8.87. The zero-order valence-corrected chi connectivity index (χ0v) is 13.4. The maximum Gasteiger partial charge on any atom is 0.305 e. The Labute approximate surface area is 123 Å². The molecule has 1 aromatic rings. The molecule has 112 valence electrons. The van der Waals surface area contributed by atoms with Crippen LogP contribution in [0.15, 0.2) is 24.3 Å². The maximum absolute atomic E-state index is 11.0. The summed E-state index contributed by atoms with van der Waals surface area (Å²) in [5, 5.41) is 0. The monoisotopic (exact) mass is 276 g/mol. The van der Waals surface area contributed by atoms with Crippen LogP contribution in [0, 0.1) is 0 Å². The maximum atomic E-state index is 11.0. The Morgan fingerprint density at radius 2 is 1.90 bits per heavy atom. The van der Waals surface area contributed by atoms with Crippen LogP contribution in [0.2, 0.25) is 0 Å². The number of benzene rings is 1. The van der Waals surface area contributed by atoms with Crippen molar-refractivity contribution in [1.29, 1.82) is 0 Å². The van der Waals surface area contributed by atoms with Crippen molar-refractivity contribution in [2.24, 2.45) is 0 Å². The van der Waals surface area contributed by atoms with Gasteiger partial charge in [-0.25, -0.2) is 0 Å². The van der Waals surface area contributed by atoms with Gasteiger partial charge in [-0.05, 0) is 42.2 Å². The molecule has 0 spiro atoms. The van der Waals surface area contributed by atoms with E-state index in [0.29, 0.717) is 13.0 Å². The summed E-state index contributed by atoms with van der Waals surface area (Å²) in [5.41, 5.74) is 3.01. The van der Waals surface area contributed by atoms with Crippen LogP contribution in [-0.2, 0) is 21.4 Å². The minimum Gasteiger partial charge on any atom is -0.466 e. The number of carbonyl (C=O) groups is 1. The Bertz CT molecular complexity index is 416. The van der Waals surface area contributed by atoms with Gasteiger partial charge in [0.15, 0.2) is 0 Å². The van der Waals surface area contributed by atoms with Gasteiger partial charge in [0.05, 0.1) is 6.61 Å². The number of ether oxygens (including phenoxy) is 1. The molecule has 0 fully saturated rings. The zero-order chi connectivity index (χ0) is 15.0. The second-order valence-corrected chi connectivity index (χ2v) is 6.34. The van der Waals surface area contributed by atoms with E-state index >= 15 is 0 Å². The Morgan fingerprint density at radius 1 is 1.15 bits per heavy atom. The molecule has 0 amide bonds. The van der Waals surface area contributed by atoms with Gasteiger partial charge in [-0.2, -0.15) is 0 Å². The highest BCUT2D eigenvalue weighted by Gasteiger charge is 2.13. The number of esters is 1. The molecule has 0 atom stereocenters. The van der Waals surface area contributed by atoms with Crippen molar-refractivity contribution in [1.82, 2.24) is 0 Å². The topological polar surface area (TPSA) is 26.3 Å². The van der Waals surface area contributed by atoms with E-state index in [1.54, 1.807) is 0 Å². The fraction of sp³-hybridized carbons (Fsp3) is 0.611. The number of aryl methyl sites for hydroxylation is 1. The lowest BCUT2D eigenvalue weighted by Crippen LogP contribution is -2.11. The molecule has 0 radical (unpaired) electrons. The average molecular weight is 276 g/mol. The first-order valence-electron chi connectivity index (χ1n) is 7.68. The molecule has 20 heavy (non-hydrogen) atoms.